The Morgan fingerprint density at radius 3 is 2.64 bits per heavy atom. The highest BCUT2D eigenvalue weighted by atomic mass is 19.1. The number of nitrogens with zero attached hydrogens (tertiary/aromatic N) is 2. The van der Waals surface area contributed by atoms with Crippen molar-refractivity contribution in [3.8, 4) is 17.0 Å². The zero-order valence-corrected chi connectivity index (χ0v) is 22.2. The molecule has 0 unspecified atom stereocenters. The summed E-state index contributed by atoms with van der Waals surface area (Å²) in [6.07, 6.45) is 1.68. The number of ether oxygens (including phenoxy) is 1. The van der Waals surface area contributed by atoms with E-state index in [1.807, 2.05) is 0 Å². The van der Waals surface area contributed by atoms with Crippen molar-refractivity contribution >= 4 is 22.8 Å². The Bertz CT molecular complexity index is 1400. The lowest BCUT2D eigenvalue weighted by atomic mass is 9.89. The highest BCUT2D eigenvalue weighted by molar-refractivity contribution is 6.09. The fraction of sp³-hybridized carbons (Fsp3) is 0.500. The van der Waals surface area contributed by atoms with Gasteiger partial charge in [0.05, 0.1) is 29.3 Å². The number of rotatable bonds is 8. The van der Waals surface area contributed by atoms with Crippen LogP contribution in [0.5, 0.6) is 5.75 Å². The fourth-order valence-corrected chi connectivity index (χ4v) is 5.05. The second-order valence-corrected chi connectivity index (χ2v) is 10.7. The van der Waals surface area contributed by atoms with Gasteiger partial charge in [-0.2, -0.15) is 0 Å². The average Bonchev–Trinajstić information content (AvgIpc) is 3.65. The van der Waals surface area contributed by atoms with Gasteiger partial charge in [-0.3, -0.25) is 9.59 Å². The van der Waals surface area contributed by atoms with Gasteiger partial charge in [0, 0.05) is 18.2 Å². The highest BCUT2D eigenvalue weighted by Crippen LogP contribution is 2.39. The number of halogens is 2. The van der Waals surface area contributed by atoms with Crippen LogP contribution in [0.2, 0.25) is 0 Å². The molecule has 4 N–H and O–H groups in total. The van der Waals surface area contributed by atoms with Gasteiger partial charge in [-0.15, -0.1) is 0 Å². The molecule has 0 spiro atoms. The van der Waals surface area contributed by atoms with Gasteiger partial charge < -0.3 is 25.5 Å². The SMILES string of the molecule is Cc1ccc(OCC2CC2)c(-c2ncnc3c(C(=O)N[C@H]4CC[C@@H](NC(=O)[C@H](C)O)[C@H](F)C4)c(C)[nH]c23)c1F. The van der Waals surface area contributed by atoms with Gasteiger partial charge in [-0.25, -0.2) is 18.7 Å². The number of H-pyrrole nitrogens is 1. The Morgan fingerprint density at radius 1 is 1.18 bits per heavy atom. The molecule has 5 rings (SSSR count). The molecule has 0 saturated heterocycles. The van der Waals surface area contributed by atoms with Crippen LogP contribution in [0.3, 0.4) is 0 Å². The Balaban J connectivity index is 1.39. The number of hydrogen-bond acceptors (Lipinski definition) is 6. The van der Waals surface area contributed by atoms with Crippen molar-refractivity contribution in [1.82, 2.24) is 25.6 Å². The first-order valence-electron chi connectivity index (χ1n) is 13.3. The van der Waals surface area contributed by atoms with E-state index in [2.05, 4.69) is 25.6 Å². The summed E-state index contributed by atoms with van der Waals surface area (Å²) < 4.78 is 36.2. The molecule has 0 radical (unpaired) electrons. The van der Waals surface area contributed by atoms with Crippen LogP contribution in [-0.2, 0) is 4.79 Å². The molecule has 2 fully saturated rings. The minimum atomic E-state index is -1.37. The summed E-state index contributed by atoms with van der Waals surface area (Å²) in [6, 6.07) is 2.24. The predicted octanol–water partition coefficient (Wildman–Crippen LogP) is 3.66. The van der Waals surface area contributed by atoms with Gasteiger partial charge in [0.25, 0.3) is 5.91 Å². The minimum Gasteiger partial charge on any atom is -0.492 e. The molecule has 2 amide bonds. The van der Waals surface area contributed by atoms with Crippen LogP contribution in [0.4, 0.5) is 8.78 Å². The summed E-state index contributed by atoms with van der Waals surface area (Å²) in [6.45, 7) is 5.21. The molecule has 9 nitrogen and oxygen atoms in total. The van der Waals surface area contributed by atoms with Gasteiger partial charge in [0.15, 0.2) is 0 Å². The molecule has 0 bridgehead atoms. The number of hydrogen-bond donors (Lipinski definition) is 4. The molecule has 0 aliphatic heterocycles. The quantitative estimate of drug-likeness (QED) is 0.345. The van der Waals surface area contributed by atoms with Gasteiger partial charge in [-0.1, -0.05) is 6.07 Å². The van der Waals surface area contributed by atoms with E-state index in [1.165, 1.54) is 13.3 Å². The van der Waals surface area contributed by atoms with Gasteiger partial charge in [-0.05, 0) is 64.0 Å². The topological polar surface area (TPSA) is 129 Å². The third-order valence-corrected chi connectivity index (χ3v) is 7.52. The van der Waals surface area contributed by atoms with Crippen molar-refractivity contribution in [2.75, 3.05) is 6.61 Å². The molecule has 4 atom stereocenters. The molecule has 1 aromatic carbocycles. The fourth-order valence-electron chi connectivity index (χ4n) is 5.05. The maximum absolute atomic E-state index is 15.5. The maximum Gasteiger partial charge on any atom is 0.255 e. The number of carbonyl (C=O) groups excluding carboxylic acids is 2. The predicted molar refractivity (Wildman–Crippen MR) is 141 cm³/mol. The van der Waals surface area contributed by atoms with Crippen molar-refractivity contribution in [3.63, 3.8) is 0 Å². The number of nitrogens with one attached hydrogen (secondary N) is 3. The summed E-state index contributed by atoms with van der Waals surface area (Å²) in [7, 11) is 0. The van der Waals surface area contributed by atoms with E-state index in [9.17, 15) is 19.1 Å². The summed E-state index contributed by atoms with van der Waals surface area (Å²) in [5.41, 5.74) is 2.50. The molecule has 2 aromatic heterocycles. The molecule has 2 heterocycles. The number of amides is 2. The first-order chi connectivity index (χ1) is 18.6. The van der Waals surface area contributed by atoms with Crippen molar-refractivity contribution < 1.29 is 28.2 Å². The van der Waals surface area contributed by atoms with E-state index in [0.717, 1.165) is 12.8 Å². The minimum absolute atomic E-state index is 0.0222. The monoisotopic (exact) mass is 541 g/mol. The van der Waals surface area contributed by atoms with E-state index < -0.39 is 42.0 Å². The van der Waals surface area contributed by atoms with E-state index in [4.69, 9.17) is 4.74 Å². The second kappa shape index (κ2) is 10.9. The Morgan fingerprint density at radius 2 is 1.95 bits per heavy atom. The normalized spacial score (nSPS) is 21.9. The van der Waals surface area contributed by atoms with E-state index in [1.54, 1.807) is 26.0 Å². The van der Waals surface area contributed by atoms with Crippen LogP contribution in [0.1, 0.15) is 60.6 Å². The second-order valence-electron chi connectivity index (χ2n) is 10.7. The maximum atomic E-state index is 15.5. The lowest BCUT2D eigenvalue weighted by Crippen LogP contribution is -2.51. The Hall–Kier alpha value is -3.60. The van der Waals surface area contributed by atoms with Crippen LogP contribution in [-0.4, -0.2) is 62.8 Å². The number of aromatic nitrogens is 3. The molecule has 3 aromatic rings. The lowest BCUT2D eigenvalue weighted by molar-refractivity contribution is -0.130. The molecule has 2 saturated carbocycles. The van der Waals surface area contributed by atoms with Gasteiger partial charge in [0.1, 0.15) is 41.4 Å². The third-order valence-electron chi connectivity index (χ3n) is 7.52. The number of aromatic amines is 1. The number of aliphatic hydroxyl groups excluding tert-OH is 1. The van der Waals surface area contributed by atoms with Gasteiger partial charge >= 0.3 is 0 Å². The van der Waals surface area contributed by atoms with Crippen LogP contribution in [0.25, 0.3) is 22.3 Å². The van der Waals surface area contributed by atoms with Crippen LogP contribution < -0.4 is 15.4 Å². The van der Waals surface area contributed by atoms with Crippen molar-refractivity contribution in [1.29, 1.82) is 0 Å². The van der Waals surface area contributed by atoms with E-state index in [0.29, 0.717) is 59.1 Å². The zero-order valence-electron chi connectivity index (χ0n) is 22.2. The summed E-state index contributed by atoms with van der Waals surface area (Å²) in [5.74, 6) is -0.640. The molecular formula is C28H33F2N5O4. The van der Waals surface area contributed by atoms with Crippen LogP contribution >= 0.6 is 0 Å². The largest absolute Gasteiger partial charge is 0.492 e. The van der Waals surface area contributed by atoms with Crippen molar-refractivity contribution in [2.45, 2.75) is 77.2 Å². The average molecular weight is 542 g/mol. The first-order valence-corrected chi connectivity index (χ1v) is 13.3. The molecule has 208 valence electrons. The Kier molecular flexibility index (Phi) is 7.53. The zero-order chi connectivity index (χ0) is 27.8. The molecule has 2 aliphatic carbocycles. The van der Waals surface area contributed by atoms with E-state index >= 15 is 4.39 Å². The summed E-state index contributed by atoms with van der Waals surface area (Å²) in [4.78, 5) is 37.0. The number of aryl methyl sites for hydroxylation is 2. The number of benzene rings is 1. The third kappa shape index (κ3) is 5.59. The number of aliphatic hydroxyl groups is 1. The summed E-state index contributed by atoms with van der Waals surface area (Å²) >= 11 is 0. The lowest BCUT2D eigenvalue weighted by Gasteiger charge is -2.32. The van der Waals surface area contributed by atoms with Crippen LogP contribution in [0.15, 0.2) is 18.5 Å². The summed E-state index contributed by atoms with van der Waals surface area (Å²) in [5, 5.41) is 14.8. The standard InChI is InChI=1S/C28H33F2N5O4/c1-13-4-9-20(39-11-16-5-6-16)22(23(13)30)25-26-24(31-12-32-25)21(14(2)33-26)28(38)34-17-7-8-19(18(29)10-17)35-27(37)15(3)36/h4,9,12,15-19,33,36H,5-8,10-11H2,1-3H3,(H,34,38)(H,35,37)/t15-,17-,18+,19+/m0/s1. The van der Waals surface area contributed by atoms with Gasteiger partial charge in [0.2, 0.25) is 5.91 Å². The number of carbonyl (C=O) groups is 2. The Labute approximate surface area is 224 Å². The molecular weight excluding hydrogens is 508 g/mol. The van der Waals surface area contributed by atoms with Crippen LogP contribution in [0, 0.1) is 25.6 Å². The first kappa shape index (κ1) is 27.0. The number of fused-ring (bicyclic) bond motifs is 1. The smallest absolute Gasteiger partial charge is 0.255 e. The van der Waals surface area contributed by atoms with E-state index in [-0.39, 0.29) is 17.5 Å². The van der Waals surface area contributed by atoms with Crippen molar-refractivity contribution in [2.24, 2.45) is 5.92 Å². The molecule has 2 aliphatic rings. The number of alkyl halides is 1. The highest BCUT2D eigenvalue weighted by Gasteiger charge is 2.34. The molecule has 11 heteroatoms. The van der Waals surface area contributed by atoms with Crippen molar-refractivity contribution in [3.05, 3.63) is 41.1 Å². The molecule has 39 heavy (non-hydrogen) atoms.